The Kier molecular flexibility index (Phi) is 4.43. The Morgan fingerprint density at radius 1 is 1.26 bits per heavy atom. The second-order valence-electron chi connectivity index (χ2n) is 6.30. The molecule has 2 heterocycles. The van der Waals surface area contributed by atoms with Crippen LogP contribution in [0.15, 0.2) is 65.5 Å². The van der Waals surface area contributed by atoms with Gasteiger partial charge >= 0.3 is 0 Å². The lowest BCUT2D eigenvalue weighted by Gasteiger charge is -2.20. The third kappa shape index (κ3) is 3.32. The lowest BCUT2D eigenvalue weighted by atomic mass is 10.1. The Morgan fingerprint density at radius 3 is 2.85 bits per heavy atom. The van der Waals surface area contributed by atoms with Gasteiger partial charge in [0, 0.05) is 7.05 Å². The number of aliphatic imine (C=N–C) groups is 1. The second kappa shape index (κ2) is 7.05. The van der Waals surface area contributed by atoms with Gasteiger partial charge in [0.25, 0.3) is 5.91 Å². The summed E-state index contributed by atoms with van der Waals surface area (Å²) in [5.74, 6) is 0.208. The quantitative estimate of drug-likeness (QED) is 0.620. The normalized spacial score (nSPS) is 16.8. The first kappa shape index (κ1) is 17.0. The number of aromatic nitrogens is 2. The molecule has 1 amide bonds. The molecule has 136 valence electrons. The number of aromatic amines is 1. The van der Waals surface area contributed by atoms with Crippen LogP contribution in [0.25, 0.3) is 17.1 Å². The first-order valence-corrected chi connectivity index (χ1v) is 8.59. The van der Waals surface area contributed by atoms with Crippen LogP contribution in [0.2, 0.25) is 0 Å². The fraction of sp³-hybridized carbons (Fsp3) is 0.150. The van der Waals surface area contributed by atoms with Gasteiger partial charge in [-0.1, -0.05) is 36.4 Å². The molecule has 0 unspecified atom stereocenters. The molecule has 27 heavy (non-hydrogen) atoms. The number of carbonyl (C=O) groups is 1. The van der Waals surface area contributed by atoms with Crippen LogP contribution in [0.4, 0.5) is 0 Å². The molecule has 3 aromatic rings. The number of rotatable bonds is 4. The van der Waals surface area contributed by atoms with Crippen molar-refractivity contribution in [3.05, 3.63) is 71.7 Å². The van der Waals surface area contributed by atoms with Crippen molar-refractivity contribution in [2.24, 2.45) is 4.99 Å². The van der Waals surface area contributed by atoms with E-state index in [4.69, 9.17) is 0 Å². The fourth-order valence-corrected chi connectivity index (χ4v) is 3.00. The van der Waals surface area contributed by atoms with E-state index < -0.39 is 0 Å². The van der Waals surface area contributed by atoms with Gasteiger partial charge < -0.3 is 15.4 Å². The van der Waals surface area contributed by atoms with E-state index in [1.807, 2.05) is 48.5 Å². The average Bonchev–Trinajstić information content (AvgIpc) is 3.27. The number of likely N-dealkylation sites (N-methyl/N-ethyl adjacent to an activating group) is 1. The zero-order chi connectivity index (χ0) is 18.8. The monoisotopic (exact) mass is 361 g/mol. The van der Waals surface area contributed by atoms with Crippen molar-refractivity contribution in [3.8, 4) is 0 Å². The Balaban J connectivity index is 1.61. The number of nitrogens with zero attached hydrogens (tertiary/aromatic N) is 3. The van der Waals surface area contributed by atoms with Crippen LogP contribution in [-0.2, 0) is 4.79 Å². The fourth-order valence-electron chi connectivity index (χ4n) is 3.00. The molecule has 1 aromatic heterocycles. The Bertz CT molecular complexity index is 1040. The number of hydrogen-bond donors (Lipinski definition) is 3. The van der Waals surface area contributed by atoms with Gasteiger partial charge in [-0.15, -0.1) is 0 Å². The summed E-state index contributed by atoms with van der Waals surface area (Å²) < 4.78 is 0. The topological polar surface area (TPSA) is 93.6 Å². The van der Waals surface area contributed by atoms with Gasteiger partial charge in [-0.25, -0.2) is 9.98 Å². The minimum absolute atomic E-state index is 0.111. The highest BCUT2D eigenvalue weighted by molar-refractivity contribution is 6.13. The van der Waals surface area contributed by atoms with E-state index in [0.717, 1.165) is 22.2 Å². The Morgan fingerprint density at radius 2 is 2.07 bits per heavy atom. The molecule has 1 aliphatic heterocycles. The van der Waals surface area contributed by atoms with Gasteiger partial charge in [-0.3, -0.25) is 9.69 Å². The summed E-state index contributed by atoms with van der Waals surface area (Å²) >= 11 is 0. The van der Waals surface area contributed by atoms with E-state index in [1.54, 1.807) is 19.5 Å². The smallest absolute Gasteiger partial charge is 0.279 e. The van der Waals surface area contributed by atoms with Crippen molar-refractivity contribution in [2.45, 2.75) is 6.04 Å². The SMILES string of the molecule is CN1C(=O)/C(=C/c2ccc3[nH]cnc3c2)N=C1N[C@@H](CO)c1ccccc1. The van der Waals surface area contributed by atoms with E-state index >= 15 is 0 Å². The minimum atomic E-state index is -0.347. The molecular weight excluding hydrogens is 342 g/mol. The third-order valence-corrected chi connectivity index (χ3v) is 4.50. The molecule has 0 aliphatic carbocycles. The number of benzene rings is 2. The van der Waals surface area contributed by atoms with Gasteiger partial charge in [0.15, 0.2) is 0 Å². The standard InChI is InChI=1S/C20H19N5O2/c1-25-19(27)17(10-13-7-8-15-16(9-13)22-12-21-15)23-20(25)24-18(11-26)14-5-3-2-4-6-14/h2-10,12,18,26H,11H2,1H3,(H,21,22)(H,23,24)/b17-10-/t18-/m0/s1. The highest BCUT2D eigenvalue weighted by Crippen LogP contribution is 2.20. The van der Waals surface area contributed by atoms with Gasteiger partial charge in [-0.05, 0) is 29.3 Å². The Labute approximate surface area is 156 Å². The van der Waals surface area contributed by atoms with Crippen LogP contribution < -0.4 is 5.32 Å². The molecule has 0 radical (unpaired) electrons. The summed E-state index contributed by atoms with van der Waals surface area (Å²) in [6.45, 7) is -0.111. The summed E-state index contributed by atoms with van der Waals surface area (Å²) in [4.78, 5) is 25.7. The summed E-state index contributed by atoms with van der Waals surface area (Å²) in [5.41, 5.74) is 3.86. The first-order valence-electron chi connectivity index (χ1n) is 8.59. The zero-order valence-electron chi connectivity index (χ0n) is 14.8. The number of fused-ring (bicyclic) bond motifs is 1. The predicted octanol–water partition coefficient (Wildman–Crippen LogP) is 2.05. The number of hydrogen-bond acceptors (Lipinski definition) is 5. The van der Waals surface area contributed by atoms with Crippen LogP contribution >= 0.6 is 0 Å². The molecule has 0 saturated carbocycles. The summed E-state index contributed by atoms with van der Waals surface area (Å²) in [6, 6.07) is 14.9. The van der Waals surface area contributed by atoms with E-state index in [-0.39, 0.29) is 18.6 Å². The molecule has 0 spiro atoms. The maximum Gasteiger partial charge on any atom is 0.279 e. The van der Waals surface area contributed by atoms with Gasteiger partial charge in [0.05, 0.1) is 30.0 Å². The van der Waals surface area contributed by atoms with E-state index in [1.165, 1.54) is 4.90 Å². The van der Waals surface area contributed by atoms with E-state index in [2.05, 4.69) is 20.3 Å². The lowest BCUT2D eigenvalue weighted by Crippen LogP contribution is -2.41. The predicted molar refractivity (Wildman–Crippen MR) is 104 cm³/mol. The number of carbonyl (C=O) groups excluding carboxylic acids is 1. The number of imidazole rings is 1. The highest BCUT2D eigenvalue weighted by atomic mass is 16.3. The van der Waals surface area contributed by atoms with Gasteiger partial charge in [-0.2, -0.15) is 0 Å². The zero-order valence-corrected chi connectivity index (χ0v) is 14.8. The number of amides is 1. The molecule has 0 saturated heterocycles. The molecule has 0 fully saturated rings. The summed E-state index contributed by atoms with van der Waals surface area (Å²) in [5, 5.41) is 12.9. The van der Waals surface area contributed by atoms with E-state index in [9.17, 15) is 9.90 Å². The molecule has 3 N–H and O–H groups in total. The van der Waals surface area contributed by atoms with Crippen molar-refractivity contribution in [3.63, 3.8) is 0 Å². The molecule has 2 aromatic carbocycles. The molecule has 4 rings (SSSR count). The van der Waals surface area contributed by atoms with Crippen molar-refractivity contribution >= 4 is 29.0 Å². The van der Waals surface area contributed by atoms with Crippen LogP contribution in [-0.4, -0.2) is 45.5 Å². The number of aliphatic hydroxyl groups is 1. The maximum atomic E-state index is 12.6. The second-order valence-corrected chi connectivity index (χ2v) is 6.30. The molecular formula is C20H19N5O2. The number of H-pyrrole nitrogens is 1. The van der Waals surface area contributed by atoms with Crippen LogP contribution in [0, 0.1) is 0 Å². The first-order chi connectivity index (χ1) is 13.2. The molecule has 1 atom stereocenters. The lowest BCUT2D eigenvalue weighted by molar-refractivity contribution is -0.121. The largest absolute Gasteiger partial charge is 0.394 e. The van der Waals surface area contributed by atoms with Gasteiger partial charge in [0.1, 0.15) is 5.70 Å². The van der Waals surface area contributed by atoms with E-state index in [0.29, 0.717) is 11.7 Å². The third-order valence-electron chi connectivity index (χ3n) is 4.50. The minimum Gasteiger partial charge on any atom is -0.394 e. The van der Waals surface area contributed by atoms with Crippen LogP contribution in [0.5, 0.6) is 0 Å². The van der Waals surface area contributed by atoms with Crippen molar-refractivity contribution < 1.29 is 9.90 Å². The average molecular weight is 361 g/mol. The molecule has 0 bridgehead atoms. The molecule has 1 aliphatic rings. The summed E-state index contributed by atoms with van der Waals surface area (Å²) in [6.07, 6.45) is 3.37. The van der Waals surface area contributed by atoms with Crippen molar-refractivity contribution in [1.29, 1.82) is 0 Å². The van der Waals surface area contributed by atoms with Crippen LogP contribution in [0.3, 0.4) is 0 Å². The van der Waals surface area contributed by atoms with Crippen molar-refractivity contribution in [2.75, 3.05) is 13.7 Å². The number of aliphatic hydroxyl groups excluding tert-OH is 1. The highest BCUT2D eigenvalue weighted by Gasteiger charge is 2.28. The van der Waals surface area contributed by atoms with Gasteiger partial charge in [0.2, 0.25) is 5.96 Å². The van der Waals surface area contributed by atoms with Crippen LogP contribution in [0.1, 0.15) is 17.2 Å². The molecule has 7 heteroatoms. The number of guanidine groups is 1. The van der Waals surface area contributed by atoms with Crippen molar-refractivity contribution in [1.82, 2.24) is 20.2 Å². The summed E-state index contributed by atoms with van der Waals surface area (Å²) in [7, 11) is 1.66. The number of nitrogens with one attached hydrogen (secondary N) is 2. The maximum absolute atomic E-state index is 12.6. The molecule has 7 nitrogen and oxygen atoms in total. The Hall–Kier alpha value is -3.45.